The molecule has 4 rings (SSSR count). The molecule has 0 unspecified atom stereocenters. The van der Waals surface area contributed by atoms with Crippen LogP contribution >= 0.6 is 0 Å². The highest BCUT2D eigenvalue weighted by Crippen LogP contribution is 2.25. The normalized spacial score (nSPS) is 14.6. The molecule has 3 aromatic rings. The van der Waals surface area contributed by atoms with E-state index in [1.54, 1.807) is 36.4 Å². The number of nitrogens with one attached hydrogen (secondary N) is 2. The zero-order chi connectivity index (χ0) is 24.4. The number of nitrogens with zero attached hydrogens (tertiary/aromatic N) is 2. The molecule has 0 radical (unpaired) electrons. The van der Waals surface area contributed by atoms with Crippen LogP contribution in [0, 0.1) is 13.8 Å². The Balaban J connectivity index is 1.53. The highest BCUT2D eigenvalue weighted by molar-refractivity contribution is 6.16. The number of aryl methyl sites for hydroxylation is 2. The van der Waals surface area contributed by atoms with Crippen LogP contribution in [-0.4, -0.2) is 39.0 Å². The second kappa shape index (κ2) is 9.27. The van der Waals surface area contributed by atoms with Crippen LogP contribution < -0.4 is 10.6 Å². The van der Waals surface area contributed by atoms with Crippen molar-refractivity contribution in [1.82, 2.24) is 14.8 Å². The van der Waals surface area contributed by atoms with Crippen LogP contribution in [0.4, 0.5) is 10.5 Å². The number of carbonyl (C=O) groups excluding carboxylic acids is 3. The lowest BCUT2D eigenvalue weighted by Crippen LogP contribution is -2.38. The minimum absolute atomic E-state index is 0.109. The van der Waals surface area contributed by atoms with Gasteiger partial charge in [0, 0.05) is 22.8 Å². The molecule has 0 saturated carbocycles. The van der Waals surface area contributed by atoms with Crippen molar-refractivity contribution in [1.29, 1.82) is 0 Å². The number of hydrogen-bond donors (Lipinski definition) is 3. The molecule has 0 atom stereocenters. The smallest absolute Gasteiger partial charge is 0.329 e. The summed E-state index contributed by atoms with van der Waals surface area (Å²) in [5, 5.41) is 14.9. The first-order valence-electron chi connectivity index (χ1n) is 11.0. The van der Waals surface area contributed by atoms with Gasteiger partial charge in [-0.15, -0.1) is 0 Å². The first-order chi connectivity index (χ1) is 16.3. The van der Waals surface area contributed by atoms with E-state index >= 15 is 0 Å². The van der Waals surface area contributed by atoms with Crippen molar-refractivity contribution in [2.45, 2.75) is 27.2 Å². The van der Waals surface area contributed by atoms with Crippen molar-refractivity contribution in [3.8, 4) is 11.4 Å². The zero-order valence-corrected chi connectivity index (χ0v) is 19.3. The lowest BCUT2D eigenvalue weighted by molar-refractivity contribution is -0.127. The molecule has 1 saturated heterocycles. The molecule has 34 heavy (non-hydrogen) atoms. The summed E-state index contributed by atoms with van der Waals surface area (Å²) in [6, 6.07) is 15.5. The van der Waals surface area contributed by atoms with Crippen LogP contribution in [0.3, 0.4) is 0 Å². The summed E-state index contributed by atoms with van der Waals surface area (Å²) in [7, 11) is 0. The second-order valence-electron chi connectivity index (χ2n) is 8.12. The molecule has 8 nitrogen and oxygen atoms in total. The minimum Gasteiger partial charge on any atom is -0.508 e. The van der Waals surface area contributed by atoms with E-state index in [1.165, 1.54) is 0 Å². The van der Waals surface area contributed by atoms with E-state index in [4.69, 9.17) is 0 Å². The molecule has 3 N–H and O–H groups in total. The summed E-state index contributed by atoms with van der Waals surface area (Å²) in [6.45, 7) is 5.44. The third-order valence-electron chi connectivity index (χ3n) is 5.81. The SMILES string of the molecule is CCc1ccccc1NC(=O)CN1C(=O)N/C(=C/c2cc(C)n(-c3ccc(O)cc3)c2C)C1=O. The Bertz CT molecular complexity index is 1300. The third-order valence-corrected chi connectivity index (χ3v) is 5.81. The quantitative estimate of drug-likeness (QED) is 0.385. The Hall–Kier alpha value is -4.33. The maximum atomic E-state index is 12.9. The fourth-order valence-electron chi connectivity index (χ4n) is 4.09. The van der Waals surface area contributed by atoms with Gasteiger partial charge in [-0.25, -0.2) is 9.69 Å². The Morgan fingerprint density at radius 3 is 2.50 bits per heavy atom. The molecular formula is C26H26N4O4. The van der Waals surface area contributed by atoms with Crippen molar-refractivity contribution in [2.75, 3.05) is 11.9 Å². The van der Waals surface area contributed by atoms with Gasteiger partial charge in [0.2, 0.25) is 5.91 Å². The fraction of sp³-hybridized carbons (Fsp3) is 0.192. The Morgan fingerprint density at radius 1 is 1.09 bits per heavy atom. The van der Waals surface area contributed by atoms with Crippen LogP contribution in [0.2, 0.25) is 0 Å². The predicted molar refractivity (Wildman–Crippen MR) is 130 cm³/mol. The van der Waals surface area contributed by atoms with Gasteiger partial charge in [-0.05, 0) is 73.9 Å². The van der Waals surface area contributed by atoms with Gasteiger partial charge in [0.05, 0.1) is 0 Å². The van der Waals surface area contributed by atoms with Crippen LogP contribution in [0.15, 0.2) is 60.3 Å². The number of rotatable bonds is 6. The van der Waals surface area contributed by atoms with E-state index in [2.05, 4.69) is 10.6 Å². The van der Waals surface area contributed by atoms with Gasteiger partial charge in [0.15, 0.2) is 0 Å². The number of urea groups is 1. The Morgan fingerprint density at radius 2 is 1.79 bits per heavy atom. The topological polar surface area (TPSA) is 104 Å². The summed E-state index contributed by atoms with van der Waals surface area (Å²) >= 11 is 0. The van der Waals surface area contributed by atoms with Crippen molar-refractivity contribution >= 4 is 29.6 Å². The predicted octanol–water partition coefficient (Wildman–Crippen LogP) is 3.89. The van der Waals surface area contributed by atoms with E-state index in [0.717, 1.165) is 39.5 Å². The van der Waals surface area contributed by atoms with E-state index in [9.17, 15) is 19.5 Å². The van der Waals surface area contributed by atoms with Gasteiger partial charge in [-0.3, -0.25) is 9.59 Å². The molecule has 174 valence electrons. The van der Waals surface area contributed by atoms with Crippen LogP contribution in [-0.2, 0) is 16.0 Å². The number of anilines is 1. The minimum atomic E-state index is -0.637. The average Bonchev–Trinajstić information content (AvgIpc) is 3.24. The van der Waals surface area contributed by atoms with Gasteiger partial charge in [0.25, 0.3) is 5.91 Å². The molecule has 1 aliphatic heterocycles. The lowest BCUT2D eigenvalue weighted by atomic mass is 10.1. The summed E-state index contributed by atoms with van der Waals surface area (Å²) < 4.78 is 1.99. The first-order valence-corrected chi connectivity index (χ1v) is 11.0. The summed E-state index contributed by atoms with van der Waals surface area (Å²) in [5.41, 5.74) is 5.17. The van der Waals surface area contributed by atoms with Gasteiger partial charge >= 0.3 is 6.03 Å². The Kier molecular flexibility index (Phi) is 6.23. The lowest BCUT2D eigenvalue weighted by Gasteiger charge is -2.13. The van der Waals surface area contributed by atoms with Gasteiger partial charge in [-0.2, -0.15) is 0 Å². The molecule has 2 heterocycles. The van der Waals surface area contributed by atoms with E-state index in [1.807, 2.05) is 49.6 Å². The molecule has 8 heteroatoms. The molecule has 0 spiro atoms. The standard InChI is InChI=1S/C26H26N4O4/c1-4-18-7-5-6-8-22(18)27-24(32)15-29-25(33)23(28-26(29)34)14-19-13-16(2)30(17(19)3)20-9-11-21(31)12-10-20/h5-14,31H,4,15H2,1-3H3,(H,27,32)(H,28,34)/b23-14+. The molecule has 1 aliphatic rings. The van der Waals surface area contributed by atoms with E-state index in [0.29, 0.717) is 5.69 Å². The molecule has 4 amide bonds. The molecular weight excluding hydrogens is 432 g/mol. The van der Waals surface area contributed by atoms with Crippen LogP contribution in [0.25, 0.3) is 11.8 Å². The molecule has 2 aromatic carbocycles. The highest BCUT2D eigenvalue weighted by atomic mass is 16.3. The number of para-hydroxylation sites is 1. The number of hydrogen-bond acceptors (Lipinski definition) is 4. The number of phenolic OH excluding ortho intramolecular Hbond substituents is 1. The highest BCUT2D eigenvalue weighted by Gasteiger charge is 2.35. The average molecular weight is 459 g/mol. The monoisotopic (exact) mass is 458 g/mol. The number of imide groups is 1. The second-order valence-corrected chi connectivity index (χ2v) is 8.12. The summed E-state index contributed by atoms with van der Waals surface area (Å²) in [5.74, 6) is -0.829. The number of aromatic nitrogens is 1. The molecule has 1 aromatic heterocycles. The summed E-state index contributed by atoms with van der Waals surface area (Å²) in [4.78, 5) is 38.8. The fourth-order valence-corrected chi connectivity index (χ4v) is 4.09. The number of aromatic hydroxyl groups is 1. The molecule has 0 bridgehead atoms. The number of amides is 4. The molecule has 1 fully saturated rings. The number of carbonyl (C=O) groups is 3. The largest absolute Gasteiger partial charge is 0.508 e. The maximum Gasteiger partial charge on any atom is 0.329 e. The number of benzene rings is 2. The van der Waals surface area contributed by atoms with Crippen LogP contribution in [0.1, 0.15) is 29.4 Å². The van der Waals surface area contributed by atoms with Gasteiger partial charge in [0.1, 0.15) is 18.0 Å². The van der Waals surface area contributed by atoms with Crippen LogP contribution in [0.5, 0.6) is 5.75 Å². The van der Waals surface area contributed by atoms with Crippen molar-refractivity contribution in [3.63, 3.8) is 0 Å². The maximum absolute atomic E-state index is 12.9. The van der Waals surface area contributed by atoms with Crippen molar-refractivity contribution < 1.29 is 19.5 Å². The third kappa shape index (κ3) is 4.43. The number of phenols is 1. The zero-order valence-electron chi connectivity index (χ0n) is 19.3. The van der Waals surface area contributed by atoms with Crippen molar-refractivity contribution in [3.05, 3.63) is 82.8 Å². The van der Waals surface area contributed by atoms with E-state index < -0.39 is 17.8 Å². The van der Waals surface area contributed by atoms with Gasteiger partial charge in [-0.1, -0.05) is 25.1 Å². The van der Waals surface area contributed by atoms with E-state index in [-0.39, 0.29) is 18.0 Å². The molecule has 0 aliphatic carbocycles. The summed E-state index contributed by atoms with van der Waals surface area (Å²) in [6.07, 6.45) is 2.36. The van der Waals surface area contributed by atoms with Crippen molar-refractivity contribution in [2.24, 2.45) is 0 Å². The first kappa shape index (κ1) is 22.8. The van der Waals surface area contributed by atoms with Gasteiger partial charge < -0.3 is 20.3 Å². The Labute approximate surface area is 197 Å².